The number of nitrogens with zero attached hydrogens (tertiary/aromatic N) is 6. The molecular formula is C14H14Cl4N8O2S2. The van der Waals surface area contributed by atoms with Gasteiger partial charge in [0.15, 0.2) is 0 Å². The number of hydrogen-bond donors (Lipinski definition) is 2. The molecule has 0 radical (unpaired) electrons. The lowest BCUT2D eigenvalue weighted by Gasteiger charge is -2.05. The van der Waals surface area contributed by atoms with E-state index in [2.05, 4.69) is 40.5 Å². The van der Waals surface area contributed by atoms with Gasteiger partial charge in [0, 0.05) is 24.3 Å². The van der Waals surface area contributed by atoms with E-state index in [9.17, 15) is 9.59 Å². The maximum absolute atomic E-state index is 11.8. The minimum absolute atomic E-state index is 0.0204. The minimum atomic E-state index is -0.242. The predicted octanol–water partition coefficient (Wildman–Crippen LogP) is 4.19. The highest BCUT2D eigenvalue weighted by atomic mass is 35.5. The first-order valence-electron chi connectivity index (χ1n) is 8.30. The number of nitrogens with one attached hydrogen (secondary N) is 2. The van der Waals surface area contributed by atoms with Crippen molar-refractivity contribution >= 4 is 91.7 Å². The van der Waals surface area contributed by atoms with E-state index in [0.717, 1.165) is 11.5 Å². The fourth-order valence-corrected chi connectivity index (χ4v) is 4.74. The highest BCUT2D eigenvalue weighted by molar-refractivity contribution is 8.76. The lowest BCUT2D eigenvalue weighted by molar-refractivity contribution is -0.117. The van der Waals surface area contributed by atoms with Crippen molar-refractivity contribution in [1.29, 1.82) is 0 Å². The molecule has 0 spiro atoms. The normalized spacial score (nSPS) is 10.7. The first-order chi connectivity index (χ1) is 14.3. The summed E-state index contributed by atoms with van der Waals surface area (Å²) in [5, 5.41) is 4.66. The monoisotopic (exact) mass is 530 g/mol. The van der Waals surface area contributed by atoms with Gasteiger partial charge >= 0.3 is 0 Å². The van der Waals surface area contributed by atoms with Gasteiger partial charge in [0.05, 0.1) is 0 Å². The molecule has 2 amide bonds. The lowest BCUT2D eigenvalue weighted by Crippen LogP contribution is -2.14. The molecule has 0 fully saturated rings. The predicted molar refractivity (Wildman–Crippen MR) is 120 cm³/mol. The molecule has 30 heavy (non-hydrogen) atoms. The summed E-state index contributed by atoms with van der Waals surface area (Å²) in [4.78, 5) is 45.9. The van der Waals surface area contributed by atoms with E-state index in [1.54, 1.807) is 21.6 Å². The number of aromatic nitrogens is 6. The highest BCUT2D eigenvalue weighted by Gasteiger charge is 2.09. The van der Waals surface area contributed by atoms with Crippen LogP contribution in [0.1, 0.15) is 25.7 Å². The van der Waals surface area contributed by atoms with Gasteiger partial charge in [0.2, 0.25) is 44.8 Å². The quantitative estimate of drug-likeness (QED) is 0.320. The van der Waals surface area contributed by atoms with Crippen LogP contribution >= 0.6 is 68.0 Å². The van der Waals surface area contributed by atoms with Crippen molar-refractivity contribution in [3.8, 4) is 0 Å². The Labute approximate surface area is 199 Å². The van der Waals surface area contributed by atoms with Crippen molar-refractivity contribution in [1.82, 2.24) is 29.9 Å². The Balaban J connectivity index is 1.51. The number of amides is 2. The second-order valence-electron chi connectivity index (χ2n) is 5.34. The summed E-state index contributed by atoms with van der Waals surface area (Å²) < 4.78 is 0. The molecule has 0 saturated heterocycles. The average Bonchev–Trinajstić information content (AvgIpc) is 2.62. The number of carbonyl (C=O) groups is 2. The summed E-state index contributed by atoms with van der Waals surface area (Å²) in [6.07, 6.45) is 1.93. The average molecular weight is 532 g/mol. The molecule has 0 aliphatic carbocycles. The van der Waals surface area contributed by atoms with E-state index in [1.807, 2.05) is 0 Å². The third-order valence-corrected chi connectivity index (χ3v) is 6.26. The summed E-state index contributed by atoms with van der Waals surface area (Å²) >= 11 is 22.6. The highest BCUT2D eigenvalue weighted by Crippen LogP contribution is 2.24. The van der Waals surface area contributed by atoms with Crippen LogP contribution in [0.15, 0.2) is 0 Å². The maximum Gasteiger partial charge on any atom is 0.235 e. The molecule has 2 N–H and O–H groups in total. The van der Waals surface area contributed by atoms with Crippen LogP contribution in [0.25, 0.3) is 0 Å². The van der Waals surface area contributed by atoms with E-state index < -0.39 is 0 Å². The van der Waals surface area contributed by atoms with Crippen molar-refractivity contribution in [3.63, 3.8) is 0 Å². The van der Waals surface area contributed by atoms with Crippen LogP contribution < -0.4 is 10.6 Å². The zero-order valence-electron chi connectivity index (χ0n) is 15.1. The SMILES string of the molecule is O=C(CCCSSCCCC(=O)Nc1nc(Cl)nc(Cl)n1)Nc1nc(Cl)nc(Cl)n1. The molecule has 2 aromatic rings. The van der Waals surface area contributed by atoms with Gasteiger partial charge in [-0.2, -0.15) is 29.9 Å². The molecular weight excluding hydrogens is 518 g/mol. The molecule has 2 aromatic heterocycles. The molecule has 0 atom stereocenters. The second-order valence-corrected chi connectivity index (χ2v) is 9.40. The van der Waals surface area contributed by atoms with E-state index in [4.69, 9.17) is 46.4 Å². The summed E-state index contributed by atoms with van der Waals surface area (Å²) in [7, 11) is 3.24. The molecule has 0 aromatic carbocycles. The van der Waals surface area contributed by atoms with Gasteiger partial charge in [-0.1, -0.05) is 21.6 Å². The van der Waals surface area contributed by atoms with Gasteiger partial charge < -0.3 is 0 Å². The topological polar surface area (TPSA) is 136 Å². The lowest BCUT2D eigenvalue weighted by atomic mass is 10.3. The van der Waals surface area contributed by atoms with Crippen LogP contribution in [0.2, 0.25) is 21.1 Å². The van der Waals surface area contributed by atoms with Crippen LogP contribution in [0.5, 0.6) is 0 Å². The number of carbonyl (C=O) groups excluding carboxylic acids is 2. The molecule has 0 saturated carbocycles. The fourth-order valence-electron chi connectivity index (χ4n) is 1.84. The number of anilines is 2. The first-order valence-corrected chi connectivity index (χ1v) is 12.3. The van der Waals surface area contributed by atoms with Crippen molar-refractivity contribution in [2.45, 2.75) is 25.7 Å². The van der Waals surface area contributed by atoms with Crippen molar-refractivity contribution in [2.75, 3.05) is 22.1 Å². The van der Waals surface area contributed by atoms with Gasteiger partial charge in [0.25, 0.3) is 0 Å². The molecule has 2 rings (SSSR count). The standard InChI is InChI=1S/C14H14Cl4N8O2S2/c15-9-21-10(16)24-13(23-9)19-7(27)3-1-5-29-30-6-2-4-8(28)20-14-25-11(17)22-12(18)26-14/h1-6H2,(H,19,21,23,24,27)(H,20,22,25,26,28). The molecule has 16 heteroatoms. The van der Waals surface area contributed by atoms with Gasteiger partial charge in [-0.05, 0) is 59.2 Å². The number of rotatable bonds is 11. The molecule has 0 aliphatic rings. The molecule has 0 unspecified atom stereocenters. The largest absolute Gasteiger partial charge is 0.294 e. The number of hydrogen-bond acceptors (Lipinski definition) is 10. The first kappa shape index (κ1) is 25.1. The van der Waals surface area contributed by atoms with Crippen LogP contribution in [0.4, 0.5) is 11.9 Å². The second kappa shape index (κ2) is 13.3. The molecule has 2 heterocycles. The molecule has 0 bridgehead atoms. The van der Waals surface area contributed by atoms with E-state index in [0.29, 0.717) is 25.7 Å². The smallest absolute Gasteiger partial charge is 0.235 e. The van der Waals surface area contributed by atoms with Crippen LogP contribution in [-0.4, -0.2) is 53.2 Å². The van der Waals surface area contributed by atoms with Gasteiger partial charge in [-0.25, -0.2) is 0 Å². The maximum atomic E-state index is 11.8. The molecule has 10 nitrogen and oxygen atoms in total. The van der Waals surface area contributed by atoms with E-state index >= 15 is 0 Å². The Morgan fingerprint density at radius 2 is 0.967 bits per heavy atom. The van der Waals surface area contributed by atoms with Gasteiger partial charge in [-0.3, -0.25) is 20.2 Å². The third-order valence-electron chi connectivity index (χ3n) is 3.01. The van der Waals surface area contributed by atoms with Crippen molar-refractivity contribution in [3.05, 3.63) is 21.1 Å². The Bertz CT molecular complexity index is 783. The minimum Gasteiger partial charge on any atom is -0.294 e. The van der Waals surface area contributed by atoms with Gasteiger partial charge in [0.1, 0.15) is 0 Å². The van der Waals surface area contributed by atoms with Crippen LogP contribution in [0.3, 0.4) is 0 Å². The van der Waals surface area contributed by atoms with Crippen molar-refractivity contribution < 1.29 is 9.59 Å². The molecule has 0 aliphatic heterocycles. The van der Waals surface area contributed by atoms with E-state index in [1.165, 1.54) is 0 Å². The van der Waals surface area contributed by atoms with E-state index in [-0.39, 0.29) is 44.8 Å². The van der Waals surface area contributed by atoms with Gasteiger partial charge in [-0.15, -0.1) is 0 Å². The Kier molecular flexibility index (Phi) is 11.1. The third kappa shape index (κ3) is 10.2. The summed E-state index contributed by atoms with van der Waals surface area (Å²) in [5.41, 5.74) is 0. The Morgan fingerprint density at radius 1 is 0.633 bits per heavy atom. The van der Waals surface area contributed by atoms with Crippen molar-refractivity contribution in [2.24, 2.45) is 0 Å². The summed E-state index contributed by atoms with van der Waals surface area (Å²) in [6, 6.07) is 0. The Morgan fingerprint density at radius 3 is 1.30 bits per heavy atom. The zero-order valence-corrected chi connectivity index (χ0v) is 19.7. The molecule has 162 valence electrons. The summed E-state index contributed by atoms with van der Waals surface area (Å²) in [6.45, 7) is 0. The van der Waals surface area contributed by atoms with Crippen LogP contribution in [0, 0.1) is 0 Å². The zero-order chi connectivity index (χ0) is 21.9. The summed E-state index contributed by atoms with van der Waals surface area (Å²) in [5.74, 6) is 1.10. The van der Waals surface area contributed by atoms with Crippen LogP contribution in [-0.2, 0) is 9.59 Å². The number of halogens is 4. The Hall–Kier alpha value is -1.18. The fraction of sp³-hybridized carbons (Fsp3) is 0.429.